The van der Waals surface area contributed by atoms with Crippen LogP contribution in [0.25, 0.3) is 16.7 Å². The van der Waals surface area contributed by atoms with Gasteiger partial charge >= 0.3 is 5.97 Å². The van der Waals surface area contributed by atoms with E-state index in [-0.39, 0.29) is 36.2 Å². The van der Waals surface area contributed by atoms with Crippen LogP contribution in [-0.2, 0) is 25.5 Å². The first kappa shape index (κ1) is 27.5. The molecule has 8 nitrogen and oxygen atoms in total. The van der Waals surface area contributed by atoms with Crippen LogP contribution in [0.3, 0.4) is 0 Å². The highest BCUT2D eigenvalue weighted by atomic mass is 35.5. The summed E-state index contributed by atoms with van der Waals surface area (Å²) in [5, 5.41) is 3.47. The van der Waals surface area contributed by atoms with Gasteiger partial charge in [0.2, 0.25) is 11.8 Å². The van der Waals surface area contributed by atoms with E-state index < -0.39 is 0 Å². The monoisotopic (exact) mass is 558 g/mol. The Kier molecular flexibility index (Phi) is 8.26. The molecule has 4 heterocycles. The van der Waals surface area contributed by atoms with Crippen molar-refractivity contribution in [2.75, 3.05) is 19.0 Å². The van der Waals surface area contributed by atoms with E-state index in [1.807, 2.05) is 48.2 Å². The smallest absolute Gasteiger partial charge is 0.309 e. The summed E-state index contributed by atoms with van der Waals surface area (Å²) in [6.07, 6.45) is 7.97. The third-order valence-electron chi connectivity index (χ3n) is 7.59. The van der Waals surface area contributed by atoms with Gasteiger partial charge in [-0.1, -0.05) is 37.1 Å². The Morgan fingerprint density at radius 2 is 1.88 bits per heavy atom. The van der Waals surface area contributed by atoms with Crippen LogP contribution in [0.4, 0.5) is 5.69 Å². The van der Waals surface area contributed by atoms with Gasteiger partial charge in [0.25, 0.3) is 0 Å². The lowest BCUT2D eigenvalue weighted by atomic mass is 9.92. The SMILES string of the molecule is COC(=O)Cc1ccc2c(c1)NC(=O)[C@H](C)CCC[C@H](N1CCC(c3ccnc(Cl)c3)=CC1=O)c1cc-2ccn1. The Morgan fingerprint density at radius 1 is 1.07 bits per heavy atom. The summed E-state index contributed by atoms with van der Waals surface area (Å²) in [6, 6.07) is 12.9. The van der Waals surface area contributed by atoms with Crippen LogP contribution in [0.2, 0.25) is 5.15 Å². The van der Waals surface area contributed by atoms with Gasteiger partial charge in [0.1, 0.15) is 5.15 Å². The molecule has 206 valence electrons. The molecule has 0 fully saturated rings. The second kappa shape index (κ2) is 12.0. The first-order valence-electron chi connectivity index (χ1n) is 13.4. The average molecular weight is 559 g/mol. The molecule has 2 bridgehead atoms. The minimum Gasteiger partial charge on any atom is -0.469 e. The summed E-state index contributed by atoms with van der Waals surface area (Å²) >= 11 is 6.08. The van der Waals surface area contributed by atoms with Gasteiger partial charge in [-0.3, -0.25) is 19.4 Å². The topological polar surface area (TPSA) is 101 Å². The Bertz CT molecular complexity index is 1490. The lowest BCUT2D eigenvalue weighted by Crippen LogP contribution is -2.38. The van der Waals surface area contributed by atoms with Crippen LogP contribution in [0.1, 0.15) is 55.5 Å². The number of pyridine rings is 2. The van der Waals surface area contributed by atoms with E-state index in [1.54, 1.807) is 24.5 Å². The number of carbonyl (C=O) groups excluding carboxylic acids is 3. The Balaban J connectivity index is 1.51. The number of methoxy groups -OCH3 is 1. The van der Waals surface area contributed by atoms with E-state index in [2.05, 4.69) is 10.3 Å². The van der Waals surface area contributed by atoms with Gasteiger partial charge in [0.15, 0.2) is 0 Å². The summed E-state index contributed by atoms with van der Waals surface area (Å²) in [7, 11) is 1.35. The molecule has 0 saturated carbocycles. The molecule has 2 atom stereocenters. The number of rotatable bonds is 4. The number of ether oxygens (including phenoxy) is 1. The van der Waals surface area contributed by atoms with Gasteiger partial charge in [0.05, 0.1) is 25.3 Å². The molecule has 5 rings (SSSR count). The van der Waals surface area contributed by atoms with E-state index in [0.717, 1.165) is 39.9 Å². The van der Waals surface area contributed by atoms with E-state index in [9.17, 15) is 14.4 Å². The number of amides is 2. The molecule has 0 spiro atoms. The zero-order chi connectivity index (χ0) is 28.2. The molecule has 9 heteroatoms. The van der Waals surface area contributed by atoms with Crippen molar-refractivity contribution in [1.82, 2.24) is 14.9 Å². The van der Waals surface area contributed by atoms with Crippen molar-refractivity contribution in [2.24, 2.45) is 5.92 Å². The van der Waals surface area contributed by atoms with Crippen molar-refractivity contribution >= 4 is 40.6 Å². The predicted molar refractivity (Wildman–Crippen MR) is 153 cm³/mol. The maximum absolute atomic E-state index is 13.5. The van der Waals surface area contributed by atoms with Crippen molar-refractivity contribution in [2.45, 2.75) is 45.1 Å². The molecular weight excluding hydrogens is 528 g/mol. The summed E-state index contributed by atoms with van der Waals surface area (Å²) in [4.78, 5) is 49.1. The Morgan fingerprint density at radius 3 is 2.65 bits per heavy atom. The number of nitrogens with one attached hydrogen (secondary N) is 1. The van der Waals surface area contributed by atoms with E-state index >= 15 is 0 Å². The molecule has 2 aromatic heterocycles. The van der Waals surface area contributed by atoms with Gasteiger partial charge in [-0.2, -0.15) is 0 Å². The van der Waals surface area contributed by atoms with Crippen LogP contribution >= 0.6 is 11.6 Å². The van der Waals surface area contributed by atoms with Crippen molar-refractivity contribution < 1.29 is 19.1 Å². The Hall–Kier alpha value is -4.04. The van der Waals surface area contributed by atoms with Crippen molar-refractivity contribution in [1.29, 1.82) is 0 Å². The fourth-order valence-corrected chi connectivity index (χ4v) is 5.53. The molecule has 2 aliphatic rings. The first-order valence-corrected chi connectivity index (χ1v) is 13.8. The fraction of sp³-hybridized carbons (Fsp3) is 0.323. The second-order valence-electron chi connectivity index (χ2n) is 10.3. The molecular formula is C31H31ClN4O4. The number of carbonyl (C=O) groups is 3. The van der Waals surface area contributed by atoms with E-state index in [0.29, 0.717) is 36.6 Å². The molecule has 0 unspecified atom stereocenters. The molecule has 0 saturated heterocycles. The highest BCUT2D eigenvalue weighted by Crippen LogP contribution is 2.36. The molecule has 1 N–H and O–H groups in total. The summed E-state index contributed by atoms with van der Waals surface area (Å²) in [6.45, 7) is 2.46. The molecule has 2 amide bonds. The summed E-state index contributed by atoms with van der Waals surface area (Å²) in [5.74, 6) is -0.738. The minimum atomic E-state index is -0.350. The van der Waals surface area contributed by atoms with Gasteiger partial charge in [-0.15, -0.1) is 0 Å². The highest BCUT2D eigenvalue weighted by molar-refractivity contribution is 6.29. The third kappa shape index (κ3) is 6.07. The van der Waals surface area contributed by atoms with Gasteiger partial charge in [0, 0.05) is 42.2 Å². The second-order valence-corrected chi connectivity index (χ2v) is 10.6. The first-order chi connectivity index (χ1) is 19.3. The fourth-order valence-electron chi connectivity index (χ4n) is 5.36. The predicted octanol–water partition coefficient (Wildman–Crippen LogP) is 5.63. The molecule has 1 aromatic carbocycles. The van der Waals surface area contributed by atoms with Crippen molar-refractivity contribution in [3.05, 3.63) is 82.9 Å². The van der Waals surface area contributed by atoms with Crippen LogP contribution in [0.15, 0.2) is 60.9 Å². The van der Waals surface area contributed by atoms with Crippen LogP contribution < -0.4 is 5.32 Å². The van der Waals surface area contributed by atoms with Gasteiger partial charge in [-0.05, 0) is 71.9 Å². The summed E-state index contributed by atoms with van der Waals surface area (Å²) < 4.78 is 4.82. The van der Waals surface area contributed by atoms with Crippen molar-refractivity contribution in [3.63, 3.8) is 0 Å². The quantitative estimate of drug-likeness (QED) is 0.329. The van der Waals surface area contributed by atoms with Crippen LogP contribution in [0.5, 0.6) is 0 Å². The lowest BCUT2D eigenvalue weighted by Gasteiger charge is -2.34. The minimum absolute atomic E-state index is 0.0721. The Labute approximate surface area is 238 Å². The van der Waals surface area contributed by atoms with Crippen molar-refractivity contribution in [3.8, 4) is 11.1 Å². The van der Waals surface area contributed by atoms with E-state index in [1.165, 1.54) is 7.11 Å². The number of halogens is 1. The molecule has 0 aliphatic carbocycles. The number of hydrogen-bond donors (Lipinski definition) is 1. The maximum atomic E-state index is 13.5. The molecule has 0 radical (unpaired) electrons. The highest BCUT2D eigenvalue weighted by Gasteiger charge is 2.30. The number of aromatic nitrogens is 2. The van der Waals surface area contributed by atoms with Crippen LogP contribution in [-0.4, -0.2) is 46.3 Å². The zero-order valence-electron chi connectivity index (χ0n) is 22.5. The number of benzene rings is 1. The zero-order valence-corrected chi connectivity index (χ0v) is 23.3. The largest absolute Gasteiger partial charge is 0.469 e. The normalized spacial score (nSPS) is 19.5. The number of fused-ring (bicyclic) bond motifs is 4. The van der Waals surface area contributed by atoms with Gasteiger partial charge < -0.3 is 15.0 Å². The number of anilines is 1. The lowest BCUT2D eigenvalue weighted by molar-refractivity contribution is -0.139. The molecule has 3 aromatic rings. The summed E-state index contributed by atoms with van der Waals surface area (Å²) in [5.41, 5.74) is 5.70. The van der Waals surface area contributed by atoms with Crippen LogP contribution in [0, 0.1) is 5.92 Å². The molecule has 2 aliphatic heterocycles. The van der Waals surface area contributed by atoms with E-state index in [4.69, 9.17) is 21.3 Å². The number of nitrogens with zero attached hydrogens (tertiary/aromatic N) is 3. The average Bonchev–Trinajstić information content (AvgIpc) is 2.95. The molecule has 40 heavy (non-hydrogen) atoms. The number of esters is 1. The van der Waals surface area contributed by atoms with Gasteiger partial charge in [-0.25, -0.2) is 4.98 Å². The standard InChI is InChI=1S/C31H31ClN4O4/c1-19-4-3-5-27(36-13-10-22(18-29(36)37)21-8-12-34-28(32)17-21)26-16-23(9-11-33-26)24-7-6-20(15-30(38)40-2)14-25(24)35-31(19)39/h6-9,11-12,14,16-19,27H,3-5,10,13,15H2,1-2H3,(H,35,39)/t19-,27+/m1/s1. The maximum Gasteiger partial charge on any atom is 0.309 e. The third-order valence-corrected chi connectivity index (χ3v) is 7.80. The number of hydrogen-bond acceptors (Lipinski definition) is 6.